The molecule has 186 valence electrons. The van der Waals surface area contributed by atoms with Crippen molar-refractivity contribution in [1.82, 2.24) is 10.3 Å². The average Bonchev–Trinajstić information content (AvgIpc) is 3.47. The summed E-state index contributed by atoms with van der Waals surface area (Å²) in [6, 6.07) is 11.9. The molecule has 3 rings (SSSR count). The number of ether oxygens (including phenoxy) is 1. The van der Waals surface area contributed by atoms with Crippen molar-refractivity contribution in [3.8, 4) is 11.5 Å². The van der Waals surface area contributed by atoms with Gasteiger partial charge in [-0.1, -0.05) is 26.3 Å². The van der Waals surface area contributed by atoms with Crippen LogP contribution < -0.4 is 10.1 Å². The van der Waals surface area contributed by atoms with Crippen molar-refractivity contribution in [3.05, 3.63) is 70.9 Å². The largest absolute Gasteiger partial charge is 0.504 e. The summed E-state index contributed by atoms with van der Waals surface area (Å²) in [5, 5.41) is 22.9. The summed E-state index contributed by atoms with van der Waals surface area (Å²) in [6.07, 6.45) is 7.39. The third-order valence-electron chi connectivity index (χ3n) is 6.03. The number of aromatic amines is 1. The molecule has 6 heteroatoms. The van der Waals surface area contributed by atoms with Crippen molar-refractivity contribution >= 4 is 0 Å². The Balaban J connectivity index is 1.46. The zero-order valence-electron chi connectivity index (χ0n) is 20.8. The summed E-state index contributed by atoms with van der Waals surface area (Å²) in [4.78, 5) is 3.32. The number of phenolic OH excluding ortho intramolecular Hbond substituents is 1. The van der Waals surface area contributed by atoms with E-state index in [1.165, 1.54) is 12.0 Å². The molecule has 0 amide bonds. The Morgan fingerprint density at radius 1 is 1.00 bits per heavy atom. The minimum absolute atomic E-state index is 0.161. The van der Waals surface area contributed by atoms with Crippen LogP contribution in [0.1, 0.15) is 67.9 Å². The van der Waals surface area contributed by atoms with E-state index >= 15 is 0 Å². The van der Waals surface area contributed by atoms with E-state index in [2.05, 4.69) is 42.3 Å². The normalized spacial score (nSPS) is 13.2. The van der Waals surface area contributed by atoms with Gasteiger partial charge in [-0.05, 0) is 67.1 Å². The SMILES string of the molecule is CCCCc1ccc(CCc2ccc(O)c(OCCc3cc(C(C)CNCC(C)O)c[nH]3)c2)o1. The van der Waals surface area contributed by atoms with Crippen molar-refractivity contribution in [2.45, 2.75) is 71.3 Å². The molecule has 4 N–H and O–H groups in total. The number of benzene rings is 1. The van der Waals surface area contributed by atoms with Gasteiger partial charge in [-0.2, -0.15) is 0 Å². The number of aromatic hydroxyl groups is 1. The average molecular weight is 469 g/mol. The number of nitrogens with one attached hydrogen (secondary N) is 2. The summed E-state index contributed by atoms with van der Waals surface area (Å²) < 4.78 is 11.8. The maximum absolute atomic E-state index is 10.2. The number of aliphatic hydroxyl groups excluding tert-OH is 1. The highest BCUT2D eigenvalue weighted by Gasteiger charge is 2.10. The van der Waals surface area contributed by atoms with Crippen molar-refractivity contribution in [2.24, 2.45) is 0 Å². The molecule has 0 bridgehead atoms. The first kappa shape index (κ1) is 25.9. The Morgan fingerprint density at radius 3 is 2.56 bits per heavy atom. The first-order valence-corrected chi connectivity index (χ1v) is 12.5. The number of phenols is 1. The molecule has 6 nitrogen and oxygen atoms in total. The molecular formula is C28H40N2O4. The number of aromatic nitrogens is 1. The molecule has 0 saturated carbocycles. The zero-order chi connectivity index (χ0) is 24.3. The van der Waals surface area contributed by atoms with Crippen LogP contribution in [0.15, 0.2) is 47.0 Å². The highest BCUT2D eigenvalue weighted by atomic mass is 16.5. The van der Waals surface area contributed by atoms with Crippen LogP contribution in [0.2, 0.25) is 0 Å². The molecule has 2 unspecified atom stereocenters. The van der Waals surface area contributed by atoms with Crippen molar-refractivity contribution in [1.29, 1.82) is 0 Å². The quantitative estimate of drug-likeness (QED) is 0.248. The topological polar surface area (TPSA) is 90.6 Å². The molecule has 2 aromatic heterocycles. The van der Waals surface area contributed by atoms with Gasteiger partial charge in [0.05, 0.1) is 12.7 Å². The molecule has 0 aliphatic rings. The molecule has 2 heterocycles. The molecule has 0 spiro atoms. The number of aliphatic hydroxyl groups is 1. The van der Waals surface area contributed by atoms with E-state index in [4.69, 9.17) is 9.15 Å². The lowest BCUT2D eigenvalue weighted by atomic mass is 10.0. The number of furan rings is 1. The van der Waals surface area contributed by atoms with E-state index in [9.17, 15) is 10.2 Å². The molecule has 0 radical (unpaired) electrons. The van der Waals surface area contributed by atoms with Crippen LogP contribution in [-0.2, 0) is 25.7 Å². The maximum Gasteiger partial charge on any atom is 0.161 e. The Morgan fingerprint density at radius 2 is 1.79 bits per heavy atom. The summed E-state index contributed by atoms with van der Waals surface area (Å²) >= 11 is 0. The van der Waals surface area contributed by atoms with E-state index < -0.39 is 0 Å². The van der Waals surface area contributed by atoms with Crippen LogP contribution in [0.3, 0.4) is 0 Å². The molecule has 2 atom stereocenters. The van der Waals surface area contributed by atoms with Crippen LogP contribution >= 0.6 is 0 Å². The fourth-order valence-electron chi connectivity index (χ4n) is 3.93. The van der Waals surface area contributed by atoms with Gasteiger partial charge in [0.1, 0.15) is 11.5 Å². The van der Waals surface area contributed by atoms with Gasteiger partial charge < -0.3 is 29.7 Å². The molecule has 3 aromatic rings. The number of unbranched alkanes of at least 4 members (excludes halogenated alkanes) is 1. The second-order valence-electron chi connectivity index (χ2n) is 9.24. The predicted octanol–water partition coefficient (Wildman–Crippen LogP) is 5.14. The van der Waals surface area contributed by atoms with Gasteiger partial charge in [-0.25, -0.2) is 0 Å². The second-order valence-corrected chi connectivity index (χ2v) is 9.24. The smallest absolute Gasteiger partial charge is 0.161 e. The fourth-order valence-corrected chi connectivity index (χ4v) is 3.93. The van der Waals surface area contributed by atoms with Crippen LogP contribution in [-0.4, -0.2) is 41.0 Å². The van der Waals surface area contributed by atoms with Gasteiger partial charge in [-0.3, -0.25) is 0 Å². The minimum atomic E-state index is -0.338. The lowest BCUT2D eigenvalue weighted by molar-refractivity contribution is 0.191. The number of rotatable bonds is 15. The molecule has 34 heavy (non-hydrogen) atoms. The minimum Gasteiger partial charge on any atom is -0.504 e. The van der Waals surface area contributed by atoms with Gasteiger partial charge in [0, 0.05) is 44.2 Å². The van der Waals surface area contributed by atoms with E-state index in [1.54, 1.807) is 13.0 Å². The molecule has 1 aromatic carbocycles. The highest BCUT2D eigenvalue weighted by molar-refractivity contribution is 5.42. The zero-order valence-corrected chi connectivity index (χ0v) is 20.8. The van der Waals surface area contributed by atoms with Crippen LogP contribution in [0.4, 0.5) is 0 Å². The number of aryl methyl sites for hydroxylation is 3. The summed E-state index contributed by atoms with van der Waals surface area (Å²) in [5.74, 6) is 3.09. The van der Waals surface area contributed by atoms with E-state index in [-0.39, 0.29) is 11.9 Å². The summed E-state index contributed by atoms with van der Waals surface area (Å²) in [7, 11) is 0. The van der Waals surface area contributed by atoms with Crippen molar-refractivity contribution in [3.63, 3.8) is 0 Å². The van der Waals surface area contributed by atoms with Crippen LogP contribution in [0, 0.1) is 0 Å². The lowest BCUT2D eigenvalue weighted by Gasteiger charge is -2.12. The van der Waals surface area contributed by atoms with Gasteiger partial charge >= 0.3 is 0 Å². The van der Waals surface area contributed by atoms with E-state index in [0.717, 1.165) is 61.4 Å². The van der Waals surface area contributed by atoms with Gasteiger partial charge in [0.15, 0.2) is 11.5 Å². The predicted molar refractivity (Wildman–Crippen MR) is 136 cm³/mol. The number of hydrogen-bond donors (Lipinski definition) is 4. The summed E-state index contributed by atoms with van der Waals surface area (Å²) in [6.45, 7) is 8.02. The Labute approximate surface area is 203 Å². The first-order chi connectivity index (χ1) is 16.4. The van der Waals surface area contributed by atoms with Crippen LogP contribution in [0.5, 0.6) is 11.5 Å². The highest BCUT2D eigenvalue weighted by Crippen LogP contribution is 2.28. The lowest BCUT2D eigenvalue weighted by Crippen LogP contribution is -2.27. The Bertz CT molecular complexity index is 992. The maximum atomic E-state index is 10.2. The van der Waals surface area contributed by atoms with Crippen LogP contribution in [0.25, 0.3) is 0 Å². The van der Waals surface area contributed by atoms with E-state index in [0.29, 0.717) is 24.8 Å². The monoisotopic (exact) mass is 468 g/mol. The molecular weight excluding hydrogens is 428 g/mol. The third kappa shape index (κ3) is 8.26. The van der Waals surface area contributed by atoms with Gasteiger partial charge in [0.25, 0.3) is 0 Å². The third-order valence-corrected chi connectivity index (χ3v) is 6.03. The second kappa shape index (κ2) is 13.3. The first-order valence-electron chi connectivity index (χ1n) is 12.5. The number of H-pyrrole nitrogens is 1. The summed E-state index contributed by atoms with van der Waals surface area (Å²) in [5.41, 5.74) is 3.44. The van der Waals surface area contributed by atoms with Crippen molar-refractivity contribution in [2.75, 3.05) is 19.7 Å². The molecule has 0 aliphatic carbocycles. The standard InChI is InChI=1S/C28H40N2O4/c1-4-5-6-25-10-11-26(34-25)9-7-22-8-12-27(32)28(15-22)33-14-13-24-16-23(19-30-24)20(2)17-29-18-21(3)31/h8,10-12,15-16,19-21,29-32H,4-7,9,13-14,17-18H2,1-3H3. The Hall–Kier alpha value is -2.70. The Kier molecular flexibility index (Phi) is 10.1. The molecule has 0 fully saturated rings. The fraction of sp³-hybridized carbons (Fsp3) is 0.500. The number of hydrogen-bond acceptors (Lipinski definition) is 5. The van der Waals surface area contributed by atoms with Crippen molar-refractivity contribution < 1.29 is 19.4 Å². The van der Waals surface area contributed by atoms with Gasteiger partial charge in [-0.15, -0.1) is 0 Å². The molecule has 0 saturated heterocycles. The van der Waals surface area contributed by atoms with Gasteiger partial charge in [0.2, 0.25) is 0 Å². The molecule has 0 aliphatic heterocycles. The van der Waals surface area contributed by atoms with E-state index in [1.807, 2.05) is 18.3 Å².